The topological polar surface area (TPSA) is 75.4 Å². The van der Waals surface area contributed by atoms with Gasteiger partial charge in [0.2, 0.25) is 5.91 Å². The first kappa shape index (κ1) is 37.7. The first-order valence-corrected chi connectivity index (χ1v) is 15.0. The number of benzene rings is 3. The summed E-state index contributed by atoms with van der Waals surface area (Å²) >= 11 is 0. The van der Waals surface area contributed by atoms with Crippen LogP contribution >= 0.6 is 0 Å². The molecular weight excluding hydrogens is 780 g/mol. The van der Waals surface area contributed by atoms with Crippen molar-refractivity contribution in [2.45, 2.75) is 51.1 Å². The number of nitrogens with zero attached hydrogens (tertiary/aromatic N) is 1. The van der Waals surface area contributed by atoms with Crippen molar-refractivity contribution in [3.05, 3.63) is 139 Å². The first-order valence-electron chi connectivity index (χ1n) is 15.0. The molecule has 3 aromatic carbocycles. The fourth-order valence-corrected chi connectivity index (χ4v) is 5.49. The normalized spacial score (nSPS) is 15.1. The Hall–Kier alpha value is -3.79. The van der Waals surface area contributed by atoms with E-state index >= 15 is 0 Å². The Kier molecular flexibility index (Phi) is 13.1. The molecule has 0 saturated carbocycles. The number of alkyl halides is 3. The molecule has 0 fully saturated rings. The van der Waals surface area contributed by atoms with E-state index in [4.69, 9.17) is 9.63 Å². The van der Waals surface area contributed by atoms with E-state index in [-0.39, 0.29) is 48.5 Å². The number of nitrogens with one attached hydrogen (secondary N) is 1. The van der Waals surface area contributed by atoms with E-state index in [9.17, 15) is 18.0 Å². The molecule has 0 radical (unpaired) electrons. The van der Waals surface area contributed by atoms with E-state index in [1.54, 1.807) is 30.3 Å². The Labute approximate surface area is 288 Å². The van der Waals surface area contributed by atoms with Gasteiger partial charge < -0.3 is 21.9 Å². The number of allylic oxidation sites excluding steroid dienone is 3. The van der Waals surface area contributed by atoms with Gasteiger partial charge in [-0.2, -0.15) is 13.2 Å². The van der Waals surface area contributed by atoms with Gasteiger partial charge >= 0.3 is 26.0 Å². The second-order valence-corrected chi connectivity index (χ2v) is 12.1. The number of aromatic nitrogens is 1. The van der Waals surface area contributed by atoms with Crippen LogP contribution in [0.2, 0.25) is 0 Å². The van der Waals surface area contributed by atoms with Crippen molar-refractivity contribution in [1.82, 2.24) is 10.5 Å². The smallest absolute Gasteiger partial charge is 0.569 e. The minimum Gasteiger partial charge on any atom is -0.569 e. The SMILES string of the molecule is [CH2-]CNC(=O)C1C=CC(CC(c2ccc(C(C)(C)C)cc2)c2cc(-c3ccc(-c4ccccc4C(F)(F)F)cc3)on2)=CC1.[CH2-]O.[Os+2]. The van der Waals surface area contributed by atoms with Gasteiger partial charge in [-0.3, -0.25) is 4.79 Å². The Morgan fingerprint density at radius 1 is 1.00 bits per heavy atom. The van der Waals surface area contributed by atoms with Gasteiger partial charge in [0.25, 0.3) is 0 Å². The molecule has 2 N–H and O–H groups in total. The number of carbonyl (C=O) groups excluding carboxylic acids is 1. The van der Waals surface area contributed by atoms with Gasteiger partial charge in [0.05, 0.1) is 17.2 Å². The maximum absolute atomic E-state index is 13.6. The third kappa shape index (κ3) is 9.40. The average Bonchev–Trinajstić information content (AvgIpc) is 3.54. The summed E-state index contributed by atoms with van der Waals surface area (Å²) < 4.78 is 46.5. The van der Waals surface area contributed by atoms with Crippen molar-refractivity contribution in [1.29, 1.82) is 0 Å². The number of amides is 1. The van der Waals surface area contributed by atoms with Crippen molar-refractivity contribution in [2.75, 3.05) is 6.54 Å². The Morgan fingerprint density at radius 3 is 2.21 bits per heavy atom. The van der Waals surface area contributed by atoms with Gasteiger partial charge in [0, 0.05) is 17.5 Å². The molecule has 0 spiro atoms. The van der Waals surface area contributed by atoms with Crippen molar-refractivity contribution in [3.8, 4) is 22.5 Å². The van der Waals surface area contributed by atoms with Gasteiger partial charge in [-0.1, -0.05) is 116 Å². The summed E-state index contributed by atoms with van der Waals surface area (Å²) in [7, 11) is 2.25. The monoisotopic (exact) mass is 820 g/mol. The molecular formula is C38H39F3N2O3Os. The van der Waals surface area contributed by atoms with Crippen molar-refractivity contribution in [2.24, 2.45) is 5.92 Å². The average molecular weight is 819 g/mol. The van der Waals surface area contributed by atoms with E-state index in [2.05, 4.69) is 75.6 Å². The second-order valence-electron chi connectivity index (χ2n) is 12.1. The maximum atomic E-state index is 13.6. The summed E-state index contributed by atoms with van der Waals surface area (Å²) in [6.45, 7) is 10.6. The molecule has 1 aliphatic carbocycles. The number of carbonyl (C=O) groups is 1. The van der Waals surface area contributed by atoms with E-state index in [1.807, 2.05) is 18.2 Å². The minimum absolute atomic E-state index is 0. The predicted octanol–water partition coefficient (Wildman–Crippen LogP) is 9.45. The zero-order valence-corrected chi connectivity index (χ0v) is 29.2. The van der Waals surface area contributed by atoms with E-state index in [1.165, 1.54) is 17.7 Å². The van der Waals surface area contributed by atoms with Crippen LogP contribution in [0.25, 0.3) is 22.5 Å². The molecule has 0 aliphatic heterocycles. The summed E-state index contributed by atoms with van der Waals surface area (Å²) in [5.74, 6) is 0.176. The first-order chi connectivity index (χ1) is 21.9. The molecule has 9 heteroatoms. The molecule has 4 aromatic rings. The van der Waals surface area contributed by atoms with Crippen LogP contribution in [0.1, 0.15) is 61.9 Å². The molecule has 47 heavy (non-hydrogen) atoms. The number of aliphatic hydroxyl groups is 1. The number of halogens is 3. The minimum atomic E-state index is -4.45. The van der Waals surface area contributed by atoms with Crippen molar-refractivity contribution in [3.63, 3.8) is 0 Å². The number of hydrogen-bond acceptors (Lipinski definition) is 4. The van der Waals surface area contributed by atoms with E-state index in [0.717, 1.165) is 28.5 Å². The molecule has 1 aliphatic rings. The van der Waals surface area contributed by atoms with Crippen LogP contribution in [-0.2, 0) is 36.2 Å². The second kappa shape index (κ2) is 16.3. The number of hydrogen-bond donors (Lipinski definition) is 2. The van der Waals surface area contributed by atoms with Crippen LogP contribution in [-0.4, -0.2) is 22.7 Å². The van der Waals surface area contributed by atoms with Crippen LogP contribution in [0.15, 0.2) is 107 Å². The summed E-state index contributed by atoms with van der Waals surface area (Å²) in [4.78, 5) is 12.3. The third-order valence-corrected chi connectivity index (χ3v) is 8.03. The fraction of sp³-hybridized carbons (Fsp3) is 0.263. The van der Waals surface area contributed by atoms with E-state index in [0.29, 0.717) is 30.7 Å². The molecule has 0 saturated heterocycles. The molecule has 1 heterocycles. The van der Waals surface area contributed by atoms with Crippen LogP contribution in [0.5, 0.6) is 0 Å². The maximum Gasteiger partial charge on any atom is 2.00 e. The van der Waals surface area contributed by atoms with Crippen LogP contribution < -0.4 is 5.32 Å². The largest absolute Gasteiger partial charge is 2.00 e. The summed E-state index contributed by atoms with van der Waals surface area (Å²) in [5.41, 5.74) is 4.82. The number of aliphatic hydroxyl groups excluding tert-OH is 1. The fourth-order valence-electron chi connectivity index (χ4n) is 5.49. The molecule has 5 nitrogen and oxygen atoms in total. The number of rotatable bonds is 8. The molecule has 2 atom stereocenters. The molecule has 5 rings (SSSR count). The van der Waals surface area contributed by atoms with E-state index < -0.39 is 11.7 Å². The van der Waals surface area contributed by atoms with Crippen molar-refractivity contribution < 1.29 is 47.4 Å². The molecule has 1 aromatic heterocycles. The summed E-state index contributed by atoms with van der Waals surface area (Å²) in [6, 6.07) is 22.9. The molecule has 2 unspecified atom stereocenters. The van der Waals surface area contributed by atoms with Gasteiger partial charge in [-0.15, -0.1) is 6.54 Å². The third-order valence-electron chi connectivity index (χ3n) is 8.03. The Balaban J connectivity index is 0.00000196. The Bertz CT molecular complexity index is 1670. The quantitative estimate of drug-likeness (QED) is 0.174. The van der Waals surface area contributed by atoms with Crippen LogP contribution in [0.4, 0.5) is 13.2 Å². The van der Waals surface area contributed by atoms with Gasteiger partial charge in [-0.05, 0) is 46.6 Å². The van der Waals surface area contributed by atoms with Crippen LogP contribution in [0, 0.1) is 20.0 Å². The summed E-state index contributed by atoms with van der Waals surface area (Å²) in [6.07, 6.45) is 2.87. The predicted molar refractivity (Wildman–Crippen MR) is 175 cm³/mol. The summed E-state index contributed by atoms with van der Waals surface area (Å²) in [5, 5.41) is 14.0. The van der Waals surface area contributed by atoms with Gasteiger partial charge in [0.15, 0.2) is 5.76 Å². The zero-order chi connectivity index (χ0) is 33.5. The Morgan fingerprint density at radius 2 is 1.64 bits per heavy atom. The zero-order valence-electron chi connectivity index (χ0n) is 26.6. The van der Waals surface area contributed by atoms with Gasteiger partial charge in [0.1, 0.15) is 0 Å². The standard InChI is InChI=1S/C37H36F3N2O2.CH3O.Os/c1-5-41-35(43)28-12-10-24(11-13-28)22-31(26-18-20-29(21-19-26)36(2,3)4)33-23-34(44-42-33)27-16-14-25(15-17-27)30-8-6-7-9-32(30)37(38,39)40;1-2;/h6-12,14-21,23,28,31H,1,5,13,22H2,2-4H3,(H,41,43);2H,1H2;/q2*-1;+2. The molecule has 0 bridgehead atoms. The molecule has 1 amide bonds. The van der Waals surface area contributed by atoms with Gasteiger partial charge in [-0.25, -0.2) is 7.11 Å². The molecule has 248 valence electrons. The van der Waals surface area contributed by atoms with Crippen molar-refractivity contribution >= 4 is 5.91 Å². The van der Waals surface area contributed by atoms with Crippen LogP contribution in [0.3, 0.4) is 0 Å².